The van der Waals surface area contributed by atoms with Crippen LogP contribution in [0.15, 0.2) is 4.99 Å². The molecule has 1 aliphatic rings. The molecular formula is C16H32F3IN4. The van der Waals surface area contributed by atoms with Gasteiger partial charge < -0.3 is 10.6 Å². The van der Waals surface area contributed by atoms with E-state index >= 15 is 0 Å². The van der Waals surface area contributed by atoms with Gasteiger partial charge in [-0.15, -0.1) is 24.0 Å². The van der Waals surface area contributed by atoms with Crippen LogP contribution in [-0.2, 0) is 0 Å². The molecule has 1 fully saturated rings. The Morgan fingerprint density at radius 3 is 2.33 bits per heavy atom. The topological polar surface area (TPSA) is 39.7 Å². The van der Waals surface area contributed by atoms with Gasteiger partial charge in [0.2, 0.25) is 0 Å². The van der Waals surface area contributed by atoms with Crippen LogP contribution in [0.1, 0.15) is 40.0 Å². The van der Waals surface area contributed by atoms with Crippen molar-refractivity contribution in [3.8, 4) is 0 Å². The lowest BCUT2D eigenvalue weighted by molar-refractivity contribution is -0.148. The molecule has 0 spiro atoms. The van der Waals surface area contributed by atoms with Crippen molar-refractivity contribution < 1.29 is 13.2 Å². The highest BCUT2D eigenvalue weighted by Crippen LogP contribution is 2.23. The van der Waals surface area contributed by atoms with E-state index in [4.69, 9.17) is 0 Å². The van der Waals surface area contributed by atoms with Gasteiger partial charge >= 0.3 is 6.18 Å². The first-order valence-electron chi connectivity index (χ1n) is 8.61. The fraction of sp³-hybridized carbons (Fsp3) is 0.938. The lowest BCUT2D eigenvalue weighted by Gasteiger charge is -2.32. The number of likely N-dealkylation sites (tertiary alicyclic amines) is 1. The van der Waals surface area contributed by atoms with Crippen molar-refractivity contribution in [2.24, 2.45) is 16.8 Å². The number of hydrogen-bond donors (Lipinski definition) is 2. The molecular weight excluding hydrogens is 432 g/mol. The average molecular weight is 464 g/mol. The van der Waals surface area contributed by atoms with Crippen molar-refractivity contribution in [3.63, 3.8) is 0 Å². The largest absolute Gasteiger partial charge is 0.401 e. The van der Waals surface area contributed by atoms with Crippen molar-refractivity contribution in [2.45, 2.75) is 46.2 Å². The number of guanidine groups is 1. The van der Waals surface area contributed by atoms with Gasteiger partial charge in [0.05, 0.1) is 6.54 Å². The third kappa shape index (κ3) is 11.3. The fourth-order valence-electron chi connectivity index (χ4n) is 2.70. The Morgan fingerprint density at radius 2 is 1.83 bits per heavy atom. The Balaban J connectivity index is 0.00000529. The maximum absolute atomic E-state index is 12.4. The molecule has 0 radical (unpaired) electrons. The van der Waals surface area contributed by atoms with Crippen LogP contribution < -0.4 is 10.6 Å². The van der Waals surface area contributed by atoms with Crippen LogP contribution in [0.3, 0.4) is 0 Å². The molecule has 1 rings (SSSR count). The number of rotatable bonds is 7. The van der Waals surface area contributed by atoms with E-state index in [1.54, 1.807) is 0 Å². The van der Waals surface area contributed by atoms with Gasteiger partial charge in [0.25, 0.3) is 0 Å². The predicted molar refractivity (Wildman–Crippen MR) is 104 cm³/mol. The molecule has 0 atom stereocenters. The minimum absolute atomic E-state index is 0. The summed E-state index contributed by atoms with van der Waals surface area (Å²) in [6.07, 6.45) is -1.41. The molecule has 0 aromatic rings. The molecule has 0 bridgehead atoms. The van der Waals surface area contributed by atoms with Gasteiger partial charge in [-0.05, 0) is 51.1 Å². The minimum atomic E-state index is -4.08. The van der Waals surface area contributed by atoms with Gasteiger partial charge in [-0.2, -0.15) is 13.2 Å². The van der Waals surface area contributed by atoms with E-state index < -0.39 is 12.7 Å². The van der Waals surface area contributed by atoms with E-state index in [-0.39, 0.29) is 24.0 Å². The summed E-state index contributed by atoms with van der Waals surface area (Å²) in [5.74, 6) is 1.85. The zero-order valence-corrected chi connectivity index (χ0v) is 17.3. The molecule has 1 heterocycles. The van der Waals surface area contributed by atoms with Crippen LogP contribution in [0, 0.1) is 11.8 Å². The van der Waals surface area contributed by atoms with Crippen LogP contribution in [0.4, 0.5) is 13.2 Å². The Hall–Kier alpha value is -0.250. The lowest BCUT2D eigenvalue weighted by Crippen LogP contribution is -2.41. The molecule has 1 aliphatic heterocycles. The highest BCUT2D eigenvalue weighted by molar-refractivity contribution is 14.0. The third-order valence-corrected chi connectivity index (χ3v) is 3.91. The summed E-state index contributed by atoms with van der Waals surface area (Å²) in [6, 6.07) is 0. The summed E-state index contributed by atoms with van der Waals surface area (Å²) in [5.41, 5.74) is 0. The summed E-state index contributed by atoms with van der Waals surface area (Å²) < 4.78 is 37.1. The second-order valence-corrected chi connectivity index (χ2v) is 6.66. The molecule has 144 valence electrons. The Bertz CT molecular complexity index is 354. The number of nitrogens with one attached hydrogen (secondary N) is 2. The summed E-state index contributed by atoms with van der Waals surface area (Å²) in [5, 5.41) is 6.53. The number of nitrogens with zero attached hydrogens (tertiary/aromatic N) is 2. The minimum Gasteiger partial charge on any atom is -0.357 e. The quantitative estimate of drug-likeness (QED) is 0.345. The predicted octanol–water partition coefficient (Wildman–Crippen LogP) is 3.48. The van der Waals surface area contributed by atoms with Crippen LogP contribution in [0.25, 0.3) is 0 Å². The molecule has 24 heavy (non-hydrogen) atoms. The Kier molecular flexibility index (Phi) is 12.0. The normalized spacial score (nSPS) is 17.7. The van der Waals surface area contributed by atoms with E-state index in [1.165, 1.54) is 4.90 Å². The van der Waals surface area contributed by atoms with Crippen molar-refractivity contribution in [2.75, 3.05) is 39.3 Å². The van der Waals surface area contributed by atoms with Crippen molar-refractivity contribution in [1.82, 2.24) is 15.5 Å². The molecule has 0 aromatic heterocycles. The summed E-state index contributed by atoms with van der Waals surface area (Å²) in [7, 11) is 0. The van der Waals surface area contributed by atoms with Gasteiger partial charge in [-0.25, -0.2) is 0 Å². The van der Waals surface area contributed by atoms with E-state index in [1.807, 2.05) is 6.92 Å². The first-order valence-corrected chi connectivity index (χ1v) is 8.61. The van der Waals surface area contributed by atoms with Crippen molar-refractivity contribution >= 4 is 29.9 Å². The van der Waals surface area contributed by atoms with Gasteiger partial charge in [-0.1, -0.05) is 13.8 Å². The molecule has 0 unspecified atom stereocenters. The van der Waals surface area contributed by atoms with Gasteiger partial charge in [0.1, 0.15) is 0 Å². The number of aliphatic imine (C=N–C) groups is 1. The third-order valence-electron chi connectivity index (χ3n) is 3.91. The zero-order chi connectivity index (χ0) is 17.3. The standard InChI is InChI=1S/C16H31F3N4.HI/c1-4-20-15(22-11-13(2)3)21-8-5-14-6-9-23(10-7-14)12-16(17,18)19;/h13-14H,4-12H2,1-3H3,(H2,20,21,22);1H. The van der Waals surface area contributed by atoms with Crippen LogP contribution in [-0.4, -0.2) is 56.3 Å². The van der Waals surface area contributed by atoms with Gasteiger partial charge in [-0.3, -0.25) is 9.89 Å². The summed E-state index contributed by atoms with van der Waals surface area (Å²) in [6.45, 7) is 9.02. The van der Waals surface area contributed by atoms with Crippen LogP contribution in [0.2, 0.25) is 0 Å². The molecule has 0 amide bonds. The maximum atomic E-state index is 12.4. The smallest absolute Gasteiger partial charge is 0.357 e. The maximum Gasteiger partial charge on any atom is 0.401 e. The number of hydrogen-bond acceptors (Lipinski definition) is 2. The Morgan fingerprint density at radius 1 is 1.21 bits per heavy atom. The van der Waals surface area contributed by atoms with Gasteiger partial charge in [0, 0.05) is 19.6 Å². The van der Waals surface area contributed by atoms with E-state index in [2.05, 4.69) is 29.5 Å². The van der Waals surface area contributed by atoms with E-state index in [0.717, 1.165) is 44.9 Å². The number of piperidine rings is 1. The highest BCUT2D eigenvalue weighted by Gasteiger charge is 2.32. The summed E-state index contributed by atoms with van der Waals surface area (Å²) in [4.78, 5) is 6.02. The average Bonchev–Trinajstić information content (AvgIpc) is 2.45. The van der Waals surface area contributed by atoms with Crippen LogP contribution >= 0.6 is 24.0 Å². The highest BCUT2D eigenvalue weighted by atomic mass is 127. The Labute approximate surface area is 161 Å². The van der Waals surface area contributed by atoms with E-state index in [9.17, 15) is 13.2 Å². The monoisotopic (exact) mass is 464 g/mol. The second-order valence-electron chi connectivity index (χ2n) is 6.66. The zero-order valence-electron chi connectivity index (χ0n) is 15.0. The van der Waals surface area contributed by atoms with E-state index in [0.29, 0.717) is 24.9 Å². The summed E-state index contributed by atoms with van der Waals surface area (Å²) >= 11 is 0. The molecule has 1 saturated heterocycles. The lowest BCUT2D eigenvalue weighted by atomic mass is 9.93. The molecule has 2 N–H and O–H groups in total. The van der Waals surface area contributed by atoms with Crippen molar-refractivity contribution in [1.29, 1.82) is 0 Å². The van der Waals surface area contributed by atoms with Gasteiger partial charge in [0.15, 0.2) is 5.96 Å². The first kappa shape index (κ1) is 23.8. The first-order chi connectivity index (χ1) is 10.8. The SMILES string of the molecule is CCNC(=NCC(C)C)NCCC1CCN(CC(F)(F)F)CC1.I. The fourth-order valence-corrected chi connectivity index (χ4v) is 2.70. The second kappa shape index (κ2) is 12.2. The number of alkyl halides is 3. The molecule has 8 heteroatoms. The molecule has 0 aliphatic carbocycles. The van der Waals surface area contributed by atoms with Crippen molar-refractivity contribution in [3.05, 3.63) is 0 Å². The molecule has 0 aromatic carbocycles. The molecule has 4 nitrogen and oxygen atoms in total. The van der Waals surface area contributed by atoms with Crippen LogP contribution in [0.5, 0.6) is 0 Å². The molecule has 0 saturated carbocycles. The number of halogens is 4.